The molecule has 4 nitrogen and oxygen atoms in total. The van der Waals surface area contributed by atoms with Crippen LogP contribution < -0.4 is 5.32 Å². The van der Waals surface area contributed by atoms with Gasteiger partial charge in [-0.2, -0.15) is 0 Å². The molecule has 0 bridgehead atoms. The van der Waals surface area contributed by atoms with Crippen molar-refractivity contribution in [3.05, 3.63) is 132 Å². The van der Waals surface area contributed by atoms with Gasteiger partial charge in [-0.05, 0) is 55.0 Å². The van der Waals surface area contributed by atoms with Crippen LogP contribution in [0.25, 0.3) is 22.2 Å². The molecule has 0 aliphatic heterocycles. The fourth-order valence-corrected chi connectivity index (χ4v) is 4.70. The van der Waals surface area contributed by atoms with E-state index < -0.39 is 0 Å². The van der Waals surface area contributed by atoms with Crippen LogP contribution in [0, 0.1) is 0 Å². The third-order valence-corrected chi connectivity index (χ3v) is 6.53. The highest BCUT2D eigenvalue weighted by Gasteiger charge is 2.22. The van der Waals surface area contributed by atoms with Crippen molar-refractivity contribution in [2.75, 3.05) is 0 Å². The first-order valence-electron chi connectivity index (χ1n) is 12.4. The number of benzene rings is 3. The number of para-hydroxylation sites is 1. The number of hydrogen-bond donors (Lipinski definition) is 1. The van der Waals surface area contributed by atoms with Gasteiger partial charge in [0, 0.05) is 23.3 Å². The molecule has 2 aromatic heterocycles. The van der Waals surface area contributed by atoms with Gasteiger partial charge in [0.15, 0.2) is 0 Å². The zero-order chi connectivity index (χ0) is 24.7. The minimum atomic E-state index is -0.117. The fourth-order valence-electron chi connectivity index (χ4n) is 4.70. The second-order valence-electron chi connectivity index (χ2n) is 9.02. The minimum Gasteiger partial charge on any atom is -0.345 e. The molecule has 5 rings (SSSR count). The number of aryl methyl sites for hydroxylation is 1. The lowest BCUT2D eigenvalue weighted by atomic mass is 9.92. The number of amides is 1. The molecule has 0 aliphatic carbocycles. The van der Waals surface area contributed by atoms with Gasteiger partial charge in [-0.1, -0.05) is 84.9 Å². The zero-order valence-corrected chi connectivity index (χ0v) is 20.4. The number of nitrogens with one attached hydrogen (secondary N) is 1. The minimum absolute atomic E-state index is 0.0708. The summed E-state index contributed by atoms with van der Waals surface area (Å²) in [5.41, 5.74) is 6.68. The lowest BCUT2D eigenvalue weighted by Crippen LogP contribution is -2.28. The Bertz CT molecular complexity index is 1450. The SMILES string of the molecule is CC(NC(=O)c1c(CCCc2cccnc2)c(-c2ccccc2)nc2ccccc12)c1ccccc1. The third kappa shape index (κ3) is 5.18. The van der Waals surface area contributed by atoms with Crippen LogP contribution in [0.1, 0.15) is 46.4 Å². The lowest BCUT2D eigenvalue weighted by Gasteiger charge is -2.20. The van der Waals surface area contributed by atoms with Crippen molar-refractivity contribution in [2.45, 2.75) is 32.2 Å². The molecule has 1 unspecified atom stereocenters. The standard InChI is InChI=1S/C32H29N3O/c1-23(25-14-4-2-5-15-25)34-32(36)30-27-18-8-9-20-29(27)35-31(26-16-6-3-7-17-26)28(30)19-10-12-24-13-11-21-33-22-24/h2-9,11,13-18,20-23H,10,12,19H2,1H3,(H,34,36). The highest BCUT2D eigenvalue weighted by atomic mass is 16.1. The van der Waals surface area contributed by atoms with E-state index in [0.29, 0.717) is 5.56 Å². The van der Waals surface area contributed by atoms with Crippen molar-refractivity contribution in [2.24, 2.45) is 0 Å². The molecule has 1 N–H and O–H groups in total. The van der Waals surface area contributed by atoms with E-state index in [2.05, 4.69) is 28.5 Å². The van der Waals surface area contributed by atoms with Crippen LogP contribution in [0.2, 0.25) is 0 Å². The Morgan fingerprint density at radius 1 is 0.833 bits per heavy atom. The van der Waals surface area contributed by atoms with E-state index >= 15 is 0 Å². The molecule has 3 aromatic carbocycles. The van der Waals surface area contributed by atoms with E-state index in [-0.39, 0.29) is 11.9 Å². The van der Waals surface area contributed by atoms with Gasteiger partial charge in [0.25, 0.3) is 5.91 Å². The lowest BCUT2D eigenvalue weighted by molar-refractivity contribution is 0.0940. The van der Waals surface area contributed by atoms with Crippen LogP contribution in [-0.4, -0.2) is 15.9 Å². The number of aromatic nitrogens is 2. The van der Waals surface area contributed by atoms with Crippen LogP contribution in [0.5, 0.6) is 0 Å². The number of hydrogen-bond acceptors (Lipinski definition) is 3. The summed E-state index contributed by atoms with van der Waals surface area (Å²) < 4.78 is 0. The molecule has 0 saturated carbocycles. The third-order valence-electron chi connectivity index (χ3n) is 6.53. The quantitative estimate of drug-likeness (QED) is 0.266. The number of rotatable bonds is 8. The van der Waals surface area contributed by atoms with Gasteiger partial charge in [-0.15, -0.1) is 0 Å². The van der Waals surface area contributed by atoms with E-state index in [1.807, 2.05) is 92.0 Å². The topological polar surface area (TPSA) is 54.9 Å². The second kappa shape index (κ2) is 11.0. The van der Waals surface area contributed by atoms with Crippen molar-refractivity contribution in [1.82, 2.24) is 15.3 Å². The van der Waals surface area contributed by atoms with Crippen molar-refractivity contribution in [1.29, 1.82) is 0 Å². The summed E-state index contributed by atoms with van der Waals surface area (Å²) >= 11 is 0. The van der Waals surface area contributed by atoms with E-state index in [1.165, 1.54) is 5.56 Å². The van der Waals surface area contributed by atoms with E-state index in [9.17, 15) is 4.79 Å². The molecule has 1 amide bonds. The Kier molecular flexibility index (Phi) is 7.13. The van der Waals surface area contributed by atoms with Gasteiger partial charge in [-0.3, -0.25) is 9.78 Å². The maximum absolute atomic E-state index is 13.9. The Morgan fingerprint density at radius 2 is 1.56 bits per heavy atom. The van der Waals surface area contributed by atoms with E-state index in [1.54, 1.807) is 6.20 Å². The molecule has 0 saturated heterocycles. The molecular formula is C32H29N3O. The first kappa shape index (κ1) is 23.4. The molecule has 4 heteroatoms. The van der Waals surface area contributed by atoms with Gasteiger partial charge in [0.05, 0.1) is 22.8 Å². The molecule has 2 heterocycles. The van der Waals surface area contributed by atoms with Gasteiger partial charge < -0.3 is 5.32 Å². The smallest absolute Gasteiger partial charge is 0.252 e. The van der Waals surface area contributed by atoms with E-state index in [4.69, 9.17) is 4.98 Å². The molecular weight excluding hydrogens is 442 g/mol. The number of fused-ring (bicyclic) bond motifs is 1. The summed E-state index contributed by atoms with van der Waals surface area (Å²) in [6, 6.07) is 32.1. The van der Waals surface area contributed by atoms with Crippen LogP contribution in [0.4, 0.5) is 0 Å². The summed E-state index contributed by atoms with van der Waals surface area (Å²) in [5, 5.41) is 4.14. The molecule has 0 spiro atoms. The first-order valence-corrected chi connectivity index (χ1v) is 12.4. The van der Waals surface area contributed by atoms with Crippen molar-refractivity contribution in [3.8, 4) is 11.3 Å². The van der Waals surface area contributed by atoms with Crippen molar-refractivity contribution in [3.63, 3.8) is 0 Å². The Labute approximate surface area is 212 Å². The first-order chi connectivity index (χ1) is 17.7. The fraction of sp³-hybridized carbons (Fsp3) is 0.156. The summed E-state index contributed by atoms with van der Waals surface area (Å²) in [6.07, 6.45) is 6.21. The zero-order valence-electron chi connectivity index (χ0n) is 20.4. The molecule has 0 radical (unpaired) electrons. The predicted molar refractivity (Wildman–Crippen MR) is 146 cm³/mol. The number of nitrogens with zero attached hydrogens (tertiary/aromatic N) is 2. The Hall–Kier alpha value is -4.31. The summed E-state index contributed by atoms with van der Waals surface area (Å²) in [6.45, 7) is 2.02. The monoisotopic (exact) mass is 471 g/mol. The highest BCUT2D eigenvalue weighted by molar-refractivity contribution is 6.09. The van der Waals surface area contributed by atoms with Crippen molar-refractivity contribution < 1.29 is 4.79 Å². The van der Waals surface area contributed by atoms with Crippen molar-refractivity contribution >= 4 is 16.8 Å². The van der Waals surface area contributed by atoms with Crippen LogP contribution in [-0.2, 0) is 12.8 Å². The number of carbonyl (C=O) groups is 1. The average Bonchev–Trinajstić information content (AvgIpc) is 2.94. The van der Waals surface area contributed by atoms with Gasteiger partial charge in [0.1, 0.15) is 0 Å². The van der Waals surface area contributed by atoms with Gasteiger partial charge in [0.2, 0.25) is 0 Å². The predicted octanol–water partition coefficient (Wildman–Crippen LogP) is 6.96. The summed E-state index contributed by atoms with van der Waals surface area (Å²) in [4.78, 5) is 23.2. The molecule has 178 valence electrons. The number of pyridine rings is 2. The summed E-state index contributed by atoms with van der Waals surface area (Å²) in [7, 11) is 0. The molecule has 36 heavy (non-hydrogen) atoms. The van der Waals surface area contributed by atoms with Crippen LogP contribution in [0.3, 0.4) is 0 Å². The maximum Gasteiger partial charge on any atom is 0.252 e. The molecule has 5 aromatic rings. The second-order valence-corrected chi connectivity index (χ2v) is 9.02. The average molecular weight is 472 g/mol. The summed E-state index contributed by atoms with van der Waals surface area (Å²) in [5.74, 6) is -0.0708. The normalized spacial score (nSPS) is 11.8. The maximum atomic E-state index is 13.9. The van der Waals surface area contributed by atoms with Crippen LogP contribution in [0.15, 0.2) is 109 Å². The van der Waals surface area contributed by atoms with Gasteiger partial charge in [-0.25, -0.2) is 4.98 Å². The Morgan fingerprint density at radius 3 is 2.31 bits per heavy atom. The molecule has 0 aliphatic rings. The van der Waals surface area contributed by atoms with E-state index in [0.717, 1.165) is 52.5 Å². The largest absolute Gasteiger partial charge is 0.345 e. The number of carbonyl (C=O) groups excluding carboxylic acids is 1. The van der Waals surface area contributed by atoms with Gasteiger partial charge >= 0.3 is 0 Å². The van der Waals surface area contributed by atoms with Crippen LogP contribution >= 0.6 is 0 Å². The molecule has 1 atom stereocenters. The molecule has 0 fully saturated rings. The Balaban J connectivity index is 1.58. The highest BCUT2D eigenvalue weighted by Crippen LogP contribution is 2.32.